The van der Waals surface area contributed by atoms with E-state index in [9.17, 15) is 5.11 Å². The average molecular weight is 246 g/mol. The lowest BCUT2D eigenvalue weighted by molar-refractivity contribution is -0.0116. The van der Waals surface area contributed by atoms with Crippen molar-refractivity contribution >= 4 is 0 Å². The summed E-state index contributed by atoms with van der Waals surface area (Å²) in [6, 6.07) is 4.14. The van der Waals surface area contributed by atoms with E-state index in [2.05, 4.69) is 19.1 Å². The number of aliphatic hydroxyl groups is 1. The predicted molar refractivity (Wildman–Crippen MR) is 67.2 cm³/mol. The summed E-state index contributed by atoms with van der Waals surface area (Å²) in [5.41, 5.74) is 2.73. The van der Waals surface area contributed by atoms with Gasteiger partial charge in [-0.1, -0.05) is 6.07 Å². The Kier molecular flexibility index (Phi) is 2.03. The Labute approximate surface area is 107 Å². The summed E-state index contributed by atoms with van der Waals surface area (Å²) in [4.78, 5) is 0. The predicted octanol–water partition coefficient (Wildman–Crippen LogP) is 2.32. The molecule has 3 aliphatic rings. The number of fused-ring (bicyclic) bond motifs is 2. The minimum Gasteiger partial charge on any atom is -0.492 e. The topological polar surface area (TPSA) is 38.7 Å². The highest BCUT2D eigenvalue weighted by atomic mass is 16.5. The van der Waals surface area contributed by atoms with Gasteiger partial charge >= 0.3 is 0 Å². The Morgan fingerprint density at radius 1 is 1.33 bits per heavy atom. The molecule has 1 aromatic rings. The molecule has 1 spiro atoms. The molecule has 4 rings (SSSR count). The lowest BCUT2D eigenvalue weighted by Crippen LogP contribution is -2.38. The van der Waals surface area contributed by atoms with E-state index in [1.807, 2.05) is 0 Å². The molecule has 0 amide bonds. The number of hydrogen-bond donors (Lipinski definition) is 1. The maximum atomic E-state index is 9.37. The summed E-state index contributed by atoms with van der Waals surface area (Å²) in [7, 11) is 0. The summed E-state index contributed by atoms with van der Waals surface area (Å²) < 4.78 is 11.9. The lowest BCUT2D eigenvalue weighted by Gasteiger charge is -2.33. The number of aryl methyl sites for hydroxylation is 1. The largest absolute Gasteiger partial charge is 0.492 e. The van der Waals surface area contributed by atoms with Gasteiger partial charge in [-0.3, -0.25) is 0 Å². The molecular weight excluding hydrogens is 228 g/mol. The summed E-state index contributed by atoms with van der Waals surface area (Å²) in [5.74, 6) is 2.03. The van der Waals surface area contributed by atoms with Crippen molar-refractivity contribution in [3.63, 3.8) is 0 Å². The molecule has 0 atom stereocenters. The molecule has 1 aliphatic heterocycles. The summed E-state index contributed by atoms with van der Waals surface area (Å²) in [5, 5.41) is 9.37. The van der Waals surface area contributed by atoms with Crippen LogP contribution in [0.1, 0.15) is 36.8 Å². The number of benzene rings is 1. The van der Waals surface area contributed by atoms with Crippen LogP contribution in [0.4, 0.5) is 0 Å². The molecule has 1 aromatic carbocycles. The standard InChI is InChI=1S/C15H18O3/c1-9-2-3-12-13(15(4-5-15)8-17-12)14(9)18-11-6-10(16)7-11/h2-3,10-11,16H,4-8H2,1H3. The maximum Gasteiger partial charge on any atom is 0.130 e. The molecule has 0 aromatic heterocycles. The van der Waals surface area contributed by atoms with Gasteiger partial charge in [-0.25, -0.2) is 0 Å². The molecule has 0 saturated heterocycles. The molecule has 2 aliphatic carbocycles. The Morgan fingerprint density at radius 3 is 2.78 bits per heavy atom. The summed E-state index contributed by atoms with van der Waals surface area (Å²) in [6.07, 6.45) is 3.97. The van der Waals surface area contributed by atoms with E-state index in [0.717, 1.165) is 30.9 Å². The fourth-order valence-corrected chi connectivity index (χ4v) is 3.08. The van der Waals surface area contributed by atoms with Crippen molar-refractivity contribution in [3.05, 3.63) is 23.3 Å². The van der Waals surface area contributed by atoms with E-state index >= 15 is 0 Å². The van der Waals surface area contributed by atoms with Crippen LogP contribution in [0.2, 0.25) is 0 Å². The monoisotopic (exact) mass is 246 g/mol. The second-order valence-electron chi connectivity index (χ2n) is 6.02. The van der Waals surface area contributed by atoms with Gasteiger partial charge in [0.1, 0.15) is 17.6 Å². The van der Waals surface area contributed by atoms with Crippen LogP contribution in [0.15, 0.2) is 12.1 Å². The highest BCUT2D eigenvalue weighted by Crippen LogP contribution is 2.59. The van der Waals surface area contributed by atoms with E-state index in [-0.39, 0.29) is 17.6 Å². The number of aliphatic hydroxyl groups excluding tert-OH is 1. The second-order valence-corrected chi connectivity index (χ2v) is 6.02. The van der Waals surface area contributed by atoms with Crippen molar-refractivity contribution in [2.75, 3.05) is 6.61 Å². The van der Waals surface area contributed by atoms with Crippen molar-refractivity contribution in [1.29, 1.82) is 0 Å². The van der Waals surface area contributed by atoms with Gasteiger partial charge in [0, 0.05) is 23.8 Å². The Bertz CT molecular complexity index is 499. The minimum absolute atomic E-state index is 0.168. The molecule has 2 saturated carbocycles. The molecule has 18 heavy (non-hydrogen) atoms. The molecule has 3 nitrogen and oxygen atoms in total. The first kappa shape index (κ1) is 10.7. The van der Waals surface area contributed by atoms with E-state index in [4.69, 9.17) is 9.47 Å². The second kappa shape index (κ2) is 3.41. The van der Waals surface area contributed by atoms with Crippen LogP contribution in [0.5, 0.6) is 11.5 Å². The molecule has 96 valence electrons. The molecule has 1 N–H and O–H groups in total. The quantitative estimate of drug-likeness (QED) is 0.870. The van der Waals surface area contributed by atoms with Crippen LogP contribution < -0.4 is 9.47 Å². The van der Waals surface area contributed by atoms with Crippen molar-refractivity contribution in [2.45, 2.75) is 50.2 Å². The minimum atomic E-state index is -0.168. The SMILES string of the molecule is Cc1ccc2c(c1OC1CC(O)C1)C1(CC1)CO2. The Balaban J connectivity index is 1.71. The fraction of sp³-hybridized carbons (Fsp3) is 0.600. The zero-order chi connectivity index (χ0) is 12.3. The van der Waals surface area contributed by atoms with Crippen LogP contribution in [-0.4, -0.2) is 23.9 Å². The van der Waals surface area contributed by atoms with Crippen molar-refractivity contribution in [1.82, 2.24) is 0 Å². The number of hydrogen-bond acceptors (Lipinski definition) is 3. The Morgan fingerprint density at radius 2 is 2.11 bits per heavy atom. The first-order chi connectivity index (χ1) is 8.68. The van der Waals surface area contributed by atoms with Crippen LogP contribution in [0, 0.1) is 6.92 Å². The van der Waals surface area contributed by atoms with Crippen molar-refractivity contribution < 1.29 is 14.6 Å². The summed E-state index contributed by atoms with van der Waals surface area (Å²) in [6.45, 7) is 2.91. The highest BCUT2D eigenvalue weighted by molar-refractivity contribution is 5.58. The zero-order valence-electron chi connectivity index (χ0n) is 10.6. The van der Waals surface area contributed by atoms with Crippen LogP contribution in [-0.2, 0) is 5.41 Å². The van der Waals surface area contributed by atoms with Gasteiger partial charge in [0.15, 0.2) is 0 Å². The molecule has 0 bridgehead atoms. The van der Waals surface area contributed by atoms with E-state index < -0.39 is 0 Å². The van der Waals surface area contributed by atoms with Crippen LogP contribution in [0.25, 0.3) is 0 Å². The van der Waals surface area contributed by atoms with Crippen LogP contribution in [0.3, 0.4) is 0 Å². The molecule has 1 heterocycles. The number of ether oxygens (including phenoxy) is 2. The first-order valence-electron chi connectivity index (χ1n) is 6.80. The first-order valence-corrected chi connectivity index (χ1v) is 6.80. The van der Waals surface area contributed by atoms with Crippen LogP contribution >= 0.6 is 0 Å². The van der Waals surface area contributed by atoms with Gasteiger partial charge in [0.05, 0.1) is 12.7 Å². The van der Waals surface area contributed by atoms with Gasteiger partial charge in [-0.15, -0.1) is 0 Å². The molecule has 2 fully saturated rings. The third kappa shape index (κ3) is 1.40. The van der Waals surface area contributed by atoms with Gasteiger partial charge in [0.2, 0.25) is 0 Å². The van der Waals surface area contributed by atoms with E-state index in [1.165, 1.54) is 24.0 Å². The third-order valence-corrected chi connectivity index (χ3v) is 4.56. The smallest absolute Gasteiger partial charge is 0.130 e. The molecular formula is C15H18O3. The van der Waals surface area contributed by atoms with Crippen molar-refractivity contribution in [3.8, 4) is 11.5 Å². The zero-order valence-corrected chi connectivity index (χ0v) is 10.6. The maximum absolute atomic E-state index is 9.37. The molecule has 0 unspecified atom stereocenters. The fourth-order valence-electron chi connectivity index (χ4n) is 3.08. The van der Waals surface area contributed by atoms with Gasteiger partial charge < -0.3 is 14.6 Å². The van der Waals surface area contributed by atoms with Gasteiger partial charge in [0.25, 0.3) is 0 Å². The van der Waals surface area contributed by atoms with Gasteiger partial charge in [-0.2, -0.15) is 0 Å². The van der Waals surface area contributed by atoms with Gasteiger partial charge in [-0.05, 0) is 31.4 Å². The lowest BCUT2D eigenvalue weighted by atomic mass is 9.91. The normalized spacial score (nSPS) is 30.6. The molecule has 3 heteroatoms. The highest BCUT2D eigenvalue weighted by Gasteiger charge is 2.53. The number of rotatable bonds is 2. The summed E-state index contributed by atoms with van der Waals surface area (Å²) >= 11 is 0. The van der Waals surface area contributed by atoms with Crippen molar-refractivity contribution in [2.24, 2.45) is 0 Å². The van der Waals surface area contributed by atoms with E-state index in [1.54, 1.807) is 0 Å². The Hall–Kier alpha value is -1.22. The molecule has 0 radical (unpaired) electrons. The average Bonchev–Trinajstić information content (AvgIpc) is 2.98. The van der Waals surface area contributed by atoms with E-state index in [0.29, 0.717) is 0 Å². The third-order valence-electron chi connectivity index (χ3n) is 4.56.